The summed E-state index contributed by atoms with van der Waals surface area (Å²) in [7, 11) is 0. The summed E-state index contributed by atoms with van der Waals surface area (Å²) in [5, 5.41) is 3.84. The highest BCUT2D eigenvalue weighted by atomic mass is 127. The van der Waals surface area contributed by atoms with Crippen LogP contribution < -0.4 is 11.1 Å². The van der Waals surface area contributed by atoms with Gasteiger partial charge in [0.05, 0.1) is 28.3 Å². The molecule has 0 fully saturated rings. The number of nitrogens with two attached hydrogens (primary N) is 1. The Bertz CT molecular complexity index is 516. The van der Waals surface area contributed by atoms with Gasteiger partial charge >= 0.3 is 0 Å². The van der Waals surface area contributed by atoms with E-state index in [-0.39, 0.29) is 0 Å². The molecule has 2 aromatic rings. The summed E-state index contributed by atoms with van der Waals surface area (Å²) in [5.74, 6) is 0. The number of aromatic nitrogens is 1. The molecule has 0 aliphatic carbocycles. The summed E-state index contributed by atoms with van der Waals surface area (Å²) in [6.07, 6.45) is 3.28. The fourth-order valence-corrected chi connectivity index (χ4v) is 2.16. The van der Waals surface area contributed by atoms with Crippen molar-refractivity contribution in [2.45, 2.75) is 0 Å². The Balaban J connectivity index is 2.31. The molecule has 1 aromatic heterocycles. The molecule has 0 bridgehead atoms. The Morgan fingerprint density at radius 3 is 2.75 bits per heavy atom. The molecule has 16 heavy (non-hydrogen) atoms. The zero-order chi connectivity index (χ0) is 11.5. The van der Waals surface area contributed by atoms with E-state index < -0.39 is 0 Å². The van der Waals surface area contributed by atoms with E-state index in [2.05, 4.69) is 32.9 Å². The predicted molar refractivity (Wildman–Crippen MR) is 76.1 cm³/mol. The van der Waals surface area contributed by atoms with E-state index in [4.69, 9.17) is 17.3 Å². The first kappa shape index (κ1) is 11.5. The fourth-order valence-electron chi connectivity index (χ4n) is 1.26. The monoisotopic (exact) mass is 345 g/mol. The second kappa shape index (κ2) is 4.88. The summed E-state index contributed by atoms with van der Waals surface area (Å²) in [5.41, 5.74) is 8.01. The van der Waals surface area contributed by atoms with Gasteiger partial charge in [-0.3, -0.25) is 4.98 Å². The van der Waals surface area contributed by atoms with Crippen molar-refractivity contribution < 1.29 is 0 Å². The average molecular weight is 346 g/mol. The lowest BCUT2D eigenvalue weighted by molar-refractivity contribution is 1.33. The first-order chi connectivity index (χ1) is 7.66. The maximum absolute atomic E-state index is 6.11. The molecule has 1 heterocycles. The minimum Gasteiger partial charge on any atom is -0.396 e. The van der Waals surface area contributed by atoms with E-state index in [1.54, 1.807) is 12.4 Å². The molecule has 0 saturated heterocycles. The van der Waals surface area contributed by atoms with Gasteiger partial charge in [-0.2, -0.15) is 0 Å². The molecular formula is C11H9ClIN3. The molecule has 0 radical (unpaired) electrons. The van der Waals surface area contributed by atoms with Gasteiger partial charge in [0.15, 0.2) is 0 Å². The van der Waals surface area contributed by atoms with Crippen LogP contribution in [0.15, 0.2) is 36.7 Å². The minimum absolute atomic E-state index is 0.595. The quantitative estimate of drug-likeness (QED) is 0.817. The van der Waals surface area contributed by atoms with Crippen molar-refractivity contribution in [2.24, 2.45) is 0 Å². The van der Waals surface area contributed by atoms with Crippen LogP contribution >= 0.6 is 34.2 Å². The zero-order valence-corrected chi connectivity index (χ0v) is 11.2. The summed E-state index contributed by atoms with van der Waals surface area (Å²) >= 11 is 8.32. The van der Waals surface area contributed by atoms with Crippen molar-refractivity contribution in [1.82, 2.24) is 4.98 Å². The number of rotatable bonds is 2. The molecule has 0 unspecified atom stereocenters. The Hall–Kier alpha value is -1.01. The van der Waals surface area contributed by atoms with Crippen LogP contribution in [0.25, 0.3) is 0 Å². The number of nitrogen functional groups attached to an aromatic ring is 1. The summed E-state index contributed by atoms with van der Waals surface area (Å²) in [6, 6.07) is 7.60. The van der Waals surface area contributed by atoms with Gasteiger partial charge in [0, 0.05) is 9.77 Å². The van der Waals surface area contributed by atoms with Gasteiger partial charge in [-0.05, 0) is 46.9 Å². The second-order valence-corrected chi connectivity index (χ2v) is 4.86. The van der Waals surface area contributed by atoms with E-state index in [0.29, 0.717) is 10.7 Å². The number of hydrogen-bond donors (Lipinski definition) is 2. The molecule has 1 aromatic carbocycles. The first-order valence-corrected chi connectivity index (χ1v) is 6.04. The molecule has 5 heteroatoms. The van der Waals surface area contributed by atoms with Crippen LogP contribution in [0.5, 0.6) is 0 Å². The normalized spacial score (nSPS) is 10.1. The van der Waals surface area contributed by atoms with E-state index in [9.17, 15) is 0 Å². The zero-order valence-electron chi connectivity index (χ0n) is 8.24. The van der Waals surface area contributed by atoms with Crippen LogP contribution in [0.2, 0.25) is 5.02 Å². The van der Waals surface area contributed by atoms with Crippen molar-refractivity contribution in [3.05, 3.63) is 45.3 Å². The van der Waals surface area contributed by atoms with Crippen LogP contribution in [0.3, 0.4) is 0 Å². The molecule has 0 spiro atoms. The lowest BCUT2D eigenvalue weighted by Gasteiger charge is -2.10. The fraction of sp³-hybridized carbons (Fsp3) is 0. The number of anilines is 3. The van der Waals surface area contributed by atoms with E-state index in [0.717, 1.165) is 14.9 Å². The van der Waals surface area contributed by atoms with Crippen LogP contribution in [0.1, 0.15) is 0 Å². The summed E-state index contributed by atoms with van der Waals surface area (Å²) < 4.78 is 1.09. The van der Waals surface area contributed by atoms with Crippen molar-refractivity contribution in [2.75, 3.05) is 11.1 Å². The third-order valence-electron chi connectivity index (χ3n) is 2.05. The highest BCUT2D eigenvalue weighted by Gasteiger charge is 2.03. The summed E-state index contributed by atoms with van der Waals surface area (Å²) in [4.78, 5) is 3.92. The van der Waals surface area contributed by atoms with Crippen molar-refractivity contribution in [1.29, 1.82) is 0 Å². The smallest absolute Gasteiger partial charge is 0.0739 e. The van der Waals surface area contributed by atoms with Gasteiger partial charge in [-0.25, -0.2) is 0 Å². The lowest BCUT2D eigenvalue weighted by atomic mass is 10.3. The SMILES string of the molecule is Nc1cnccc1Nc1ccc(I)cc1Cl. The molecule has 0 atom stereocenters. The average Bonchev–Trinajstić information content (AvgIpc) is 2.25. The maximum atomic E-state index is 6.11. The first-order valence-electron chi connectivity index (χ1n) is 4.58. The molecule has 3 nitrogen and oxygen atoms in total. The molecule has 82 valence electrons. The highest BCUT2D eigenvalue weighted by Crippen LogP contribution is 2.28. The van der Waals surface area contributed by atoms with Crippen molar-refractivity contribution >= 4 is 51.3 Å². The van der Waals surface area contributed by atoms with Gasteiger partial charge in [0.2, 0.25) is 0 Å². The third-order valence-corrected chi connectivity index (χ3v) is 3.04. The van der Waals surface area contributed by atoms with Gasteiger partial charge in [0.25, 0.3) is 0 Å². The Kier molecular flexibility index (Phi) is 3.50. The maximum Gasteiger partial charge on any atom is 0.0739 e. The number of nitrogens with one attached hydrogen (secondary N) is 1. The van der Waals surface area contributed by atoms with Crippen LogP contribution in [-0.2, 0) is 0 Å². The standard InChI is InChI=1S/C11H9ClIN3/c12-8-5-7(13)1-2-10(8)16-11-3-4-15-6-9(11)14/h1-6H,14H2,(H,15,16). The van der Waals surface area contributed by atoms with E-state index in [1.165, 1.54) is 0 Å². The molecule has 2 rings (SSSR count). The van der Waals surface area contributed by atoms with Gasteiger partial charge in [0.1, 0.15) is 0 Å². The Labute approximate surface area is 112 Å². The number of halogens is 2. The van der Waals surface area contributed by atoms with Crippen molar-refractivity contribution in [3.63, 3.8) is 0 Å². The topological polar surface area (TPSA) is 50.9 Å². The number of nitrogens with zero attached hydrogens (tertiary/aromatic N) is 1. The Morgan fingerprint density at radius 2 is 2.06 bits per heavy atom. The van der Waals surface area contributed by atoms with Crippen molar-refractivity contribution in [3.8, 4) is 0 Å². The highest BCUT2D eigenvalue weighted by molar-refractivity contribution is 14.1. The van der Waals surface area contributed by atoms with Gasteiger partial charge in [-0.1, -0.05) is 11.6 Å². The molecule has 0 amide bonds. The number of pyridine rings is 1. The third kappa shape index (κ3) is 2.56. The minimum atomic E-state index is 0.595. The number of hydrogen-bond acceptors (Lipinski definition) is 3. The van der Waals surface area contributed by atoms with Gasteiger partial charge < -0.3 is 11.1 Å². The summed E-state index contributed by atoms with van der Waals surface area (Å²) in [6.45, 7) is 0. The van der Waals surface area contributed by atoms with E-state index in [1.807, 2.05) is 24.3 Å². The molecule has 0 saturated carbocycles. The van der Waals surface area contributed by atoms with Crippen LogP contribution in [-0.4, -0.2) is 4.98 Å². The number of benzene rings is 1. The van der Waals surface area contributed by atoms with E-state index >= 15 is 0 Å². The predicted octanol–water partition coefficient (Wildman–Crippen LogP) is 3.67. The van der Waals surface area contributed by atoms with Gasteiger partial charge in [-0.15, -0.1) is 0 Å². The molecular weight excluding hydrogens is 336 g/mol. The van der Waals surface area contributed by atoms with Crippen LogP contribution in [0, 0.1) is 3.57 Å². The molecule has 0 aliphatic heterocycles. The van der Waals surface area contributed by atoms with Crippen LogP contribution in [0.4, 0.5) is 17.1 Å². The molecule has 0 aliphatic rings. The largest absolute Gasteiger partial charge is 0.396 e. The second-order valence-electron chi connectivity index (χ2n) is 3.21. The lowest BCUT2D eigenvalue weighted by Crippen LogP contribution is -1.97. The molecule has 3 N–H and O–H groups in total. The Morgan fingerprint density at radius 1 is 1.25 bits per heavy atom.